The monoisotopic (exact) mass is 636 g/mol. The van der Waals surface area contributed by atoms with E-state index in [9.17, 15) is 17.6 Å². The predicted molar refractivity (Wildman–Crippen MR) is 180 cm³/mol. The number of H-pyrrole nitrogens is 1. The molecule has 0 aliphatic carbocycles. The summed E-state index contributed by atoms with van der Waals surface area (Å²) < 4.78 is 47.9. The van der Waals surface area contributed by atoms with Crippen LogP contribution < -0.4 is 4.31 Å². The number of benzene rings is 4. The maximum absolute atomic E-state index is 14.5. The lowest BCUT2D eigenvalue weighted by atomic mass is 9.92. The van der Waals surface area contributed by atoms with Gasteiger partial charge in [0.25, 0.3) is 10.0 Å². The minimum Gasteiger partial charge on any atom is -0.462 e. The Morgan fingerprint density at radius 1 is 0.891 bits per heavy atom. The number of hydrogen-bond acceptors (Lipinski definition) is 6. The Balaban J connectivity index is 1.44. The van der Waals surface area contributed by atoms with Gasteiger partial charge in [-0.3, -0.25) is 4.31 Å². The van der Waals surface area contributed by atoms with Crippen molar-refractivity contribution in [3.05, 3.63) is 115 Å². The average molecular weight is 637 g/mol. The SMILES string of the molecule is CN(C)CCCOC(=O)c1ccc(-c2cnc3[nH]c4ccc(N(C)S(=O)(=O)c5ccccc5F)cc4c3c2-c2ccccc2)cc1. The first-order valence-electron chi connectivity index (χ1n) is 14.8. The molecule has 46 heavy (non-hydrogen) atoms. The van der Waals surface area contributed by atoms with Crippen molar-refractivity contribution < 1.29 is 22.3 Å². The third-order valence-electron chi connectivity index (χ3n) is 7.92. The summed E-state index contributed by atoms with van der Waals surface area (Å²) in [6.45, 7) is 1.17. The molecule has 0 amide bonds. The average Bonchev–Trinajstić information content (AvgIpc) is 3.44. The number of esters is 1. The molecule has 2 aromatic heterocycles. The van der Waals surface area contributed by atoms with Crippen LogP contribution in [0.25, 0.3) is 44.2 Å². The Morgan fingerprint density at radius 2 is 1.61 bits per heavy atom. The van der Waals surface area contributed by atoms with Crippen molar-refractivity contribution in [1.29, 1.82) is 0 Å². The second-order valence-corrected chi connectivity index (χ2v) is 13.2. The van der Waals surface area contributed by atoms with Gasteiger partial charge in [-0.1, -0.05) is 54.6 Å². The number of nitrogens with zero attached hydrogens (tertiary/aromatic N) is 3. The van der Waals surface area contributed by atoms with Crippen LogP contribution in [0.4, 0.5) is 10.1 Å². The zero-order valence-corrected chi connectivity index (χ0v) is 26.5. The van der Waals surface area contributed by atoms with Crippen LogP contribution >= 0.6 is 0 Å². The molecule has 2 heterocycles. The molecule has 0 aliphatic heterocycles. The van der Waals surface area contributed by atoms with E-state index >= 15 is 0 Å². The molecule has 0 unspecified atom stereocenters. The Bertz CT molecular complexity index is 2150. The van der Waals surface area contributed by atoms with Gasteiger partial charge in [0.2, 0.25) is 0 Å². The van der Waals surface area contributed by atoms with Gasteiger partial charge >= 0.3 is 5.97 Å². The number of rotatable bonds is 10. The van der Waals surface area contributed by atoms with Crippen molar-refractivity contribution >= 4 is 43.6 Å². The Kier molecular flexibility index (Phi) is 8.57. The van der Waals surface area contributed by atoms with E-state index < -0.39 is 20.7 Å². The van der Waals surface area contributed by atoms with Crippen molar-refractivity contribution in [3.8, 4) is 22.3 Å². The summed E-state index contributed by atoms with van der Waals surface area (Å²) in [5, 5.41) is 1.57. The third kappa shape index (κ3) is 5.96. The quantitative estimate of drug-likeness (QED) is 0.127. The van der Waals surface area contributed by atoms with Gasteiger partial charge < -0.3 is 14.6 Å². The fraction of sp³-hybridized carbons (Fsp3) is 0.167. The van der Waals surface area contributed by atoms with Gasteiger partial charge in [-0.2, -0.15) is 0 Å². The summed E-state index contributed by atoms with van der Waals surface area (Å²) in [5.41, 5.74) is 5.75. The van der Waals surface area contributed by atoms with Crippen molar-refractivity contribution in [2.24, 2.45) is 0 Å². The number of carbonyl (C=O) groups is 1. The second kappa shape index (κ2) is 12.7. The third-order valence-corrected chi connectivity index (χ3v) is 9.74. The number of halogens is 1. The molecule has 234 valence electrons. The van der Waals surface area contributed by atoms with E-state index in [0.29, 0.717) is 23.5 Å². The van der Waals surface area contributed by atoms with Crippen LogP contribution in [0.2, 0.25) is 0 Å². The number of aromatic amines is 1. The first-order valence-corrected chi connectivity index (χ1v) is 16.2. The number of anilines is 1. The highest BCUT2D eigenvalue weighted by Crippen LogP contribution is 2.41. The maximum atomic E-state index is 14.5. The number of nitrogens with one attached hydrogen (secondary N) is 1. The number of fused-ring (bicyclic) bond motifs is 3. The van der Waals surface area contributed by atoms with Crippen LogP contribution in [-0.4, -0.2) is 63.5 Å². The fourth-order valence-corrected chi connectivity index (χ4v) is 6.77. The lowest BCUT2D eigenvalue weighted by molar-refractivity contribution is 0.0493. The molecule has 0 atom stereocenters. The van der Waals surface area contributed by atoms with Crippen molar-refractivity contribution in [2.75, 3.05) is 38.6 Å². The molecule has 6 aromatic rings. The van der Waals surface area contributed by atoms with E-state index in [4.69, 9.17) is 9.72 Å². The summed E-state index contributed by atoms with van der Waals surface area (Å²) in [5.74, 6) is -1.19. The highest BCUT2D eigenvalue weighted by molar-refractivity contribution is 7.92. The van der Waals surface area contributed by atoms with Gasteiger partial charge in [0.15, 0.2) is 0 Å². The van der Waals surface area contributed by atoms with Crippen LogP contribution in [0, 0.1) is 5.82 Å². The van der Waals surface area contributed by atoms with Crippen LogP contribution in [-0.2, 0) is 14.8 Å². The van der Waals surface area contributed by atoms with Crippen LogP contribution in [0.3, 0.4) is 0 Å². The molecular formula is C36H33FN4O4S. The topological polar surface area (TPSA) is 95.6 Å². The fourth-order valence-electron chi connectivity index (χ4n) is 5.52. The number of carbonyl (C=O) groups excluding carboxylic acids is 1. The van der Waals surface area contributed by atoms with Gasteiger partial charge in [-0.15, -0.1) is 0 Å². The van der Waals surface area contributed by atoms with Gasteiger partial charge in [-0.05, 0) is 74.1 Å². The first-order chi connectivity index (χ1) is 22.1. The molecule has 8 nitrogen and oxygen atoms in total. The molecule has 6 rings (SSSR count). The van der Waals surface area contributed by atoms with E-state index in [1.807, 2.05) is 61.5 Å². The Morgan fingerprint density at radius 3 is 2.33 bits per heavy atom. The number of aromatic nitrogens is 2. The van der Waals surface area contributed by atoms with E-state index in [-0.39, 0.29) is 5.97 Å². The van der Waals surface area contributed by atoms with Gasteiger partial charge in [0.05, 0.1) is 17.9 Å². The molecule has 1 N–H and O–H groups in total. The minimum atomic E-state index is -4.17. The van der Waals surface area contributed by atoms with Crippen molar-refractivity contribution in [1.82, 2.24) is 14.9 Å². The van der Waals surface area contributed by atoms with Crippen molar-refractivity contribution in [2.45, 2.75) is 11.3 Å². The molecule has 0 aliphatic rings. The molecule has 0 bridgehead atoms. The number of hydrogen-bond donors (Lipinski definition) is 1. The lowest BCUT2D eigenvalue weighted by Crippen LogP contribution is -2.27. The second-order valence-electron chi connectivity index (χ2n) is 11.3. The largest absolute Gasteiger partial charge is 0.462 e. The van der Waals surface area contributed by atoms with E-state index in [1.54, 1.807) is 36.5 Å². The Labute approximate surface area is 267 Å². The lowest BCUT2D eigenvalue weighted by Gasteiger charge is -2.20. The molecule has 0 saturated heterocycles. The zero-order valence-electron chi connectivity index (χ0n) is 25.7. The summed E-state index contributed by atoms with van der Waals surface area (Å²) in [6.07, 6.45) is 2.55. The van der Waals surface area contributed by atoms with E-state index in [0.717, 1.165) is 61.9 Å². The first kappa shape index (κ1) is 30.9. The molecule has 0 saturated carbocycles. The number of pyridine rings is 1. The summed E-state index contributed by atoms with van der Waals surface area (Å²) >= 11 is 0. The minimum absolute atomic E-state index is 0.344. The van der Waals surface area contributed by atoms with Gasteiger partial charge in [-0.25, -0.2) is 22.6 Å². The molecule has 0 fully saturated rings. The molecule has 0 radical (unpaired) electrons. The van der Waals surface area contributed by atoms with Crippen LogP contribution in [0.15, 0.2) is 108 Å². The summed E-state index contributed by atoms with van der Waals surface area (Å²) in [6, 6.07) is 27.7. The highest BCUT2D eigenvalue weighted by atomic mass is 32.2. The van der Waals surface area contributed by atoms with Gasteiger partial charge in [0.1, 0.15) is 16.4 Å². The maximum Gasteiger partial charge on any atom is 0.338 e. The smallest absolute Gasteiger partial charge is 0.338 e. The van der Waals surface area contributed by atoms with E-state index in [2.05, 4.69) is 4.98 Å². The van der Waals surface area contributed by atoms with Crippen molar-refractivity contribution in [3.63, 3.8) is 0 Å². The molecule has 4 aromatic carbocycles. The molecule has 10 heteroatoms. The standard InChI is InChI=1S/C36H33FN4O4S/c1-40(2)20-9-21-45-36(42)26-16-14-24(15-17-26)29-23-38-35-34(33(29)25-10-5-4-6-11-25)28-22-27(18-19-31(28)39-35)41(3)46(43,44)32-13-8-7-12-30(32)37/h4-8,10-19,22-23H,9,20-21H2,1-3H3,(H,38,39). The van der Waals surface area contributed by atoms with Crippen LogP contribution in [0.5, 0.6) is 0 Å². The number of sulfonamides is 1. The molecule has 0 spiro atoms. The normalized spacial score (nSPS) is 11.8. The van der Waals surface area contributed by atoms with Crippen LogP contribution in [0.1, 0.15) is 16.8 Å². The summed E-state index contributed by atoms with van der Waals surface area (Å²) in [4.78, 5) is 22.4. The predicted octanol–water partition coefficient (Wildman–Crippen LogP) is 7.12. The zero-order chi connectivity index (χ0) is 32.4. The highest BCUT2D eigenvalue weighted by Gasteiger charge is 2.26. The summed E-state index contributed by atoms with van der Waals surface area (Å²) in [7, 11) is 1.19. The van der Waals surface area contributed by atoms with E-state index in [1.165, 1.54) is 25.2 Å². The van der Waals surface area contributed by atoms with Gasteiger partial charge in [0, 0.05) is 47.2 Å². The Hall–Kier alpha value is -5.06. The number of ether oxygens (including phenoxy) is 1. The molecular weight excluding hydrogens is 603 g/mol.